The Hall–Kier alpha value is -3.73. The van der Waals surface area contributed by atoms with Gasteiger partial charge in [0.1, 0.15) is 24.7 Å². The van der Waals surface area contributed by atoms with Crippen molar-refractivity contribution in [3.63, 3.8) is 0 Å². The molecule has 0 aliphatic heterocycles. The molecule has 0 aromatic heterocycles. The molecule has 0 spiro atoms. The van der Waals surface area contributed by atoms with Gasteiger partial charge in [-0.2, -0.15) is 0 Å². The predicted molar refractivity (Wildman–Crippen MR) is 139 cm³/mol. The van der Waals surface area contributed by atoms with Crippen molar-refractivity contribution in [2.75, 3.05) is 25.1 Å². The molecule has 0 unspecified atom stereocenters. The summed E-state index contributed by atoms with van der Waals surface area (Å²) in [6.07, 6.45) is 1.45. The molecule has 8 nitrogen and oxygen atoms in total. The van der Waals surface area contributed by atoms with Crippen molar-refractivity contribution >= 4 is 38.9 Å². The Labute approximate surface area is 210 Å². The topological polar surface area (TPSA) is 106 Å². The van der Waals surface area contributed by atoms with Crippen LogP contribution in [0.4, 0.5) is 5.69 Å². The lowest BCUT2D eigenvalue weighted by molar-refractivity contribution is 0.0972. The molecular weight excluding hydrogens is 486 g/mol. The van der Waals surface area contributed by atoms with E-state index in [1.165, 1.54) is 18.2 Å². The standard InChI is InChI=1S/C25H25N3O5S2/c1-2-16-26-35(30,31)21-14-12-19(13-15-21)27-25(34)28-24(29)22-10-6-7-11-23(22)33-18-17-32-20-8-4-3-5-9-20/h2-15,26H,1,16-18H2,(H2,27,28,29,34). The van der Waals surface area contributed by atoms with E-state index in [9.17, 15) is 13.2 Å². The van der Waals surface area contributed by atoms with Gasteiger partial charge in [0, 0.05) is 12.2 Å². The van der Waals surface area contributed by atoms with Crippen molar-refractivity contribution in [2.24, 2.45) is 0 Å². The number of nitrogens with one attached hydrogen (secondary N) is 3. The van der Waals surface area contributed by atoms with Crippen LogP contribution in [0.15, 0.2) is 96.4 Å². The average molecular weight is 512 g/mol. The van der Waals surface area contributed by atoms with E-state index in [0.29, 0.717) is 23.6 Å². The third-order valence-electron chi connectivity index (χ3n) is 4.55. The minimum absolute atomic E-state index is 0.0533. The fraction of sp³-hybridized carbons (Fsp3) is 0.120. The third-order valence-corrected chi connectivity index (χ3v) is 6.20. The summed E-state index contributed by atoms with van der Waals surface area (Å²) in [5.74, 6) is 0.679. The highest BCUT2D eigenvalue weighted by Crippen LogP contribution is 2.19. The fourth-order valence-corrected chi connectivity index (χ4v) is 4.12. The van der Waals surface area contributed by atoms with Gasteiger partial charge < -0.3 is 14.8 Å². The van der Waals surface area contributed by atoms with Gasteiger partial charge in [0.15, 0.2) is 5.11 Å². The number of rotatable bonds is 11. The van der Waals surface area contributed by atoms with Gasteiger partial charge in [-0.15, -0.1) is 6.58 Å². The van der Waals surface area contributed by atoms with Crippen LogP contribution in [-0.2, 0) is 10.0 Å². The largest absolute Gasteiger partial charge is 0.490 e. The number of hydrogen-bond donors (Lipinski definition) is 3. The Morgan fingerprint density at radius 2 is 1.57 bits per heavy atom. The summed E-state index contributed by atoms with van der Waals surface area (Å²) in [5, 5.41) is 5.52. The average Bonchev–Trinajstić information content (AvgIpc) is 2.86. The van der Waals surface area contributed by atoms with Crippen LogP contribution in [0.1, 0.15) is 10.4 Å². The first-order valence-electron chi connectivity index (χ1n) is 10.6. The number of amides is 1. The Morgan fingerprint density at radius 3 is 2.29 bits per heavy atom. The fourth-order valence-electron chi connectivity index (χ4n) is 2.91. The van der Waals surface area contributed by atoms with E-state index in [4.69, 9.17) is 21.7 Å². The lowest BCUT2D eigenvalue weighted by Gasteiger charge is -2.14. The molecule has 1 amide bonds. The molecule has 0 saturated heterocycles. The van der Waals surface area contributed by atoms with Crippen LogP contribution in [-0.4, -0.2) is 39.2 Å². The number of thiocarbonyl (C=S) groups is 1. The van der Waals surface area contributed by atoms with E-state index in [1.54, 1.807) is 36.4 Å². The summed E-state index contributed by atoms with van der Waals surface area (Å²) in [6.45, 7) is 4.18. The van der Waals surface area contributed by atoms with E-state index < -0.39 is 15.9 Å². The van der Waals surface area contributed by atoms with Crippen molar-refractivity contribution in [2.45, 2.75) is 4.90 Å². The molecule has 10 heteroatoms. The highest BCUT2D eigenvalue weighted by molar-refractivity contribution is 7.89. The monoisotopic (exact) mass is 511 g/mol. The van der Waals surface area contributed by atoms with Crippen molar-refractivity contribution < 1.29 is 22.7 Å². The molecule has 3 N–H and O–H groups in total. The Kier molecular flexibility index (Phi) is 9.36. The summed E-state index contributed by atoms with van der Waals surface area (Å²) in [5.41, 5.74) is 0.826. The predicted octanol–water partition coefficient (Wildman–Crippen LogP) is 3.74. The van der Waals surface area contributed by atoms with Crippen LogP contribution in [0.25, 0.3) is 0 Å². The van der Waals surface area contributed by atoms with Gasteiger partial charge in [-0.3, -0.25) is 10.1 Å². The highest BCUT2D eigenvalue weighted by Gasteiger charge is 2.15. The van der Waals surface area contributed by atoms with Crippen LogP contribution in [0.2, 0.25) is 0 Å². The number of anilines is 1. The van der Waals surface area contributed by atoms with Gasteiger partial charge in [0.2, 0.25) is 10.0 Å². The first-order valence-corrected chi connectivity index (χ1v) is 12.5. The van der Waals surface area contributed by atoms with Crippen molar-refractivity contribution in [3.8, 4) is 11.5 Å². The molecular formula is C25H25N3O5S2. The minimum atomic E-state index is -3.63. The molecule has 0 bridgehead atoms. The maximum atomic E-state index is 12.8. The SMILES string of the molecule is C=CCNS(=O)(=O)c1ccc(NC(=S)NC(=O)c2ccccc2OCCOc2ccccc2)cc1. The van der Waals surface area contributed by atoms with E-state index in [-0.39, 0.29) is 23.2 Å². The van der Waals surface area contributed by atoms with Gasteiger partial charge in [-0.25, -0.2) is 13.1 Å². The van der Waals surface area contributed by atoms with Crippen molar-refractivity contribution in [1.29, 1.82) is 0 Å². The van der Waals surface area contributed by atoms with E-state index in [0.717, 1.165) is 5.75 Å². The van der Waals surface area contributed by atoms with Crippen molar-refractivity contribution in [1.82, 2.24) is 10.0 Å². The van der Waals surface area contributed by atoms with Gasteiger partial charge in [0.05, 0.1) is 10.5 Å². The van der Waals surface area contributed by atoms with Crippen LogP contribution < -0.4 is 24.8 Å². The second-order valence-electron chi connectivity index (χ2n) is 7.08. The summed E-state index contributed by atoms with van der Waals surface area (Å²) >= 11 is 5.23. The van der Waals surface area contributed by atoms with Gasteiger partial charge >= 0.3 is 0 Å². The number of ether oxygens (including phenoxy) is 2. The summed E-state index contributed by atoms with van der Waals surface area (Å²) < 4.78 is 38.0. The lowest BCUT2D eigenvalue weighted by Crippen LogP contribution is -2.34. The Bertz CT molecular complexity index is 1260. The van der Waals surface area contributed by atoms with Crippen LogP contribution >= 0.6 is 12.2 Å². The molecule has 3 aromatic rings. The molecule has 0 atom stereocenters. The molecule has 182 valence electrons. The molecule has 0 aliphatic rings. The Balaban J connectivity index is 1.54. The molecule has 35 heavy (non-hydrogen) atoms. The van der Waals surface area contributed by atoms with Crippen LogP contribution in [0, 0.1) is 0 Å². The molecule has 0 radical (unpaired) electrons. The van der Waals surface area contributed by atoms with E-state index in [1.807, 2.05) is 30.3 Å². The van der Waals surface area contributed by atoms with Crippen molar-refractivity contribution in [3.05, 3.63) is 97.1 Å². The number of sulfonamides is 1. The summed E-state index contributed by atoms with van der Waals surface area (Å²) in [4.78, 5) is 12.9. The van der Waals surface area contributed by atoms with Gasteiger partial charge in [-0.05, 0) is 60.7 Å². The molecule has 0 fully saturated rings. The minimum Gasteiger partial charge on any atom is -0.490 e. The summed E-state index contributed by atoms with van der Waals surface area (Å²) in [6, 6.07) is 22.1. The first-order chi connectivity index (χ1) is 16.9. The molecule has 3 aromatic carbocycles. The zero-order chi connectivity index (χ0) is 25.1. The quantitative estimate of drug-likeness (QED) is 0.205. The first kappa shape index (κ1) is 25.9. The van der Waals surface area contributed by atoms with E-state index in [2.05, 4.69) is 21.9 Å². The smallest absolute Gasteiger partial charge is 0.261 e. The number of hydrogen-bond acceptors (Lipinski definition) is 6. The summed E-state index contributed by atoms with van der Waals surface area (Å²) in [7, 11) is -3.63. The molecule has 3 rings (SSSR count). The van der Waals surface area contributed by atoms with E-state index >= 15 is 0 Å². The highest BCUT2D eigenvalue weighted by atomic mass is 32.2. The Morgan fingerprint density at radius 1 is 0.914 bits per heavy atom. The number of benzene rings is 3. The second-order valence-corrected chi connectivity index (χ2v) is 9.25. The normalized spacial score (nSPS) is 10.7. The second kappa shape index (κ2) is 12.7. The van der Waals surface area contributed by atoms with Crippen LogP contribution in [0.3, 0.4) is 0 Å². The number of carbonyl (C=O) groups excluding carboxylic acids is 1. The molecule has 0 aliphatic carbocycles. The molecule has 0 heterocycles. The van der Waals surface area contributed by atoms with Gasteiger partial charge in [-0.1, -0.05) is 36.4 Å². The van der Waals surface area contributed by atoms with Crippen LogP contribution in [0.5, 0.6) is 11.5 Å². The maximum Gasteiger partial charge on any atom is 0.261 e. The zero-order valence-electron chi connectivity index (χ0n) is 18.8. The number of para-hydroxylation sites is 2. The zero-order valence-corrected chi connectivity index (χ0v) is 20.4. The number of carbonyl (C=O) groups is 1. The van der Waals surface area contributed by atoms with Gasteiger partial charge in [0.25, 0.3) is 5.91 Å². The maximum absolute atomic E-state index is 12.8. The lowest BCUT2D eigenvalue weighted by atomic mass is 10.2. The third kappa shape index (κ3) is 7.92. The molecule has 0 saturated carbocycles.